The molecule has 1 aliphatic heterocycles. The van der Waals surface area contributed by atoms with Gasteiger partial charge in [0.1, 0.15) is 25.0 Å². The van der Waals surface area contributed by atoms with Crippen molar-refractivity contribution < 1.29 is 19.0 Å². The summed E-state index contributed by atoms with van der Waals surface area (Å²) < 4.78 is 17.1. The smallest absolute Gasteiger partial charge is 0.268 e. The van der Waals surface area contributed by atoms with E-state index in [-0.39, 0.29) is 5.91 Å². The number of fused-ring (bicyclic) bond motifs is 1. The van der Waals surface area contributed by atoms with Crippen molar-refractivity contribution in [2.45, 2.75) is 19.6 Å². The van der Waals surface area contributed by atoms with Gasteiger partial charge in [0.15, 0.2) is 17.6 Å². The maximum absolute atomic E-state index is 13.4. The number of thiophene rings is 1. The fourth-order valence-corrected chi connectivity index (χ4v) is 3.87. The molecule has 30 heavy (non-hydrogen) atoms. The van der Waals surface area contributed by atoms with Crippen LogP contribution in [0.1, 0.15) is 17.4 Å². The molecule has 0 saturated heterocycles. The Morgan fingerprint density at radius 1 is 1.17 bits per heavy atom. The van der Waals surface area contributed by atoms with Crippen molar-refractivity contribution in [2.75, 3.05) is 18.1 Å². The summed E-state index contributed by atoms with van der Waals surface area (Å²) in [6, 6.07) is 18.4. The summed E-state index contributed by atoms with van der Waals surface area (Å²) in [5.41, 5.74) is 1.09. The molecule has 0 N–H and O–H groups in total. The summed E-state index contributed by atoms with van der Waals surface area (Å²) in [7, 11) is 0. The van der Waals surface area contributed by atoms with Gasteiger partial charge >= 0.3 is 0 Å². The lowest BCUT2D eigenvalue weighted by atomic mass is 10.2. The molecular formula is C23H20N2O4S. The van der Waals surface area contributed by atoms with E-state index in [2.05, 4.69) is 6.07 Å². The highest BCUT2D eigenvalue weighted by molar-refractivity contribution is 7.09. The van der Waals surface area contributed by atoms with E-state index in [4.69, 9.17) is 14.2 Å². The first-order valence-corrected chi connectivity index (χ1v) is 10.4. The van der Waals surface area contributed by atoms with Crippen LogP contribution in [-0.2, 0) is 11.3 Å². The first-order chi connectivity index (χ1) is 14.7. The zero-order valence-electron chi connectivity index (χ0n) is 16.4. The van der Waals surface area contributed by atoms with E-state index in [0.717, 1.165) is 4.88 Å². The van der Waals surface area contributed by atoms with E-state index in [9.17, 15) is 10.1 Å². The molecule has 2 aromatic carbocycles. The molecule has 0 radical (unpaired) electrons. The quantitative estimate of drug-likeness (QED) is 0.591. The number of amides is 1. The van der Waals surface area contributed by atoms with Gasteiger partial charge in [-0.1, -0.05) is 18.2 Å². The van der Waals surface area contributed by atoms with Gasteiger partial charge in [0.25, 0.3) is 5.91 Å². The molecule has 0 fully saturated rings. The van der Waals surface area contributed by atoms with Gasteiger partial charge in [-0.2, -0.15) is 5.26 Å². The summed E-state index contributed by atoms with van der Waals surface area (Å²) >= 11 is 1.58. The Balaban J connectivity index is 1.62. The van der Waals surface area contributed by atoms with Crippen molar-refractivity contribution in [3.63, 3.8) is 0 Å². The van der Waals surface area contributed by atoms with Gasteiger partial charge in [-0.3, -0.25) is 4.79 Å². The lowest BCUT2D eigenvalue weighted by Gasteiger charge is -2.27. The number of nitrogens with zero attached hydrogens (tertiary/aromatic N) is 2. The number of nitriles is 1. The maximum Gasteiger partial charge on any atom is 0.268 e. The average Bonchev–Trinajstić information content (AvgIpc) is 3.30. The van der Waals surface area contributed by atoms with Crippen LogP contribution in [0, 0.1) is 11.3 Å². The van der Waals surface area contributed by atoms with Crippen LogP contribution in [0.5, 0.6) is 17.2 Å². The number of benzene rings is 2. The zero-order chi connectivity index (χ0) is 20.9. The number of anilines is 1. The highest BCUT2D eigenvalue weighted by atomic mass is 32.1. The summed E-state index contributed by atoms with van der Waals surface area (Å²) in [5, 5.41) is 11.3. The van der Waals surface area contributed by atoms with Crippen molar-refractivity contribution >= 4 is 22.9 Å². The van der Waals surface area contributed by atoms with Crippen molar-refractivity contribution in [1.82, 2.24) is 0 Å². The largest absolute Gasteiger partial charge is 0.486 e. The van der Waals surface area contributed by atoms with Crippen LogP contribution in [0.25, 0.3) is 0 Å². The normalized spacial score (nSPS) is 13.2. The van der Waals surface area contributed by atoms with Gasteiger partial charge in [-0.15, -0.1) is 11.3 Å². The van der Waals surface area contributed by atoms with Gasteiger partial charge < -0.3 is 19.1 Å². The van der Waals surface area contributed by atoms with E-state index in [1.165, 1.54) is 0 Å². The topological polar surface area (TPSA) is 71.8 Å². The minimum atomic E-state index is -0.785. The second kappa shape index (κ2) is 8.89. The Bertz CT molecular complexity index is 1080. The molecule has 0 aliphatic carbocycles. The van der Waals surface area contributed by atoms with Gasteiger partial charge in [0.05, 0.1) is 12.1 Å². The SMILES string of the molecule is CC(Oc1ccccc1C#N)C(=O)N(Cc1cccs1)c1ccc2c(c1)OCCO2. The number of ether oxygens (including phenoxy) is 3. The third-order valence-corrected chi connectivity index (χ3v) is 5.52. The Morgan fingerprint density at radius 3 is 2.73 bits per heavy atom. The van der Waals surface area contributed by atoms with Crippen molar-refractivity contribution in [1.29, 1.82) is 5.26 Å². The molecule has 1 unspecified atom stereocenters. The summed E-state index contributed by atoms with van der Waals surface area (Å²) in [4.78, 5) is 16.1. The van der Waals surface area contributed by atoms with Crippen LogP contribution in [0.4, 0.5) is 5.69 Å². The minimum absolute atomic E-state index is 0.215. The summed E-state index contributed by atoms with van der Waals surface area (Å²) in [6.45, 7) is 3.08. The van der Waals surface area contributed by atoms with Crippen LogP contribution >= 0.6 is 11.3 Å². The third-order valence-electron chi connectivity index (χ3n) is 4.66. The second-order valence-electron chi connectivity index (χ2n) is 6.70. The molecule has 1 aliphatic rings. The zero-order valence-corrected chi connectivity index (χ0v) is 17.2. The highest BCUT2D eigenvalue weighted by Crippen LogP contribution is 2.35. The predicted molar refractivity (Wildman–Crippen MR) is 114 cm³/mol. The molecule has 6 nitrogen and oxygen atoms in total. The maximum atomic E-state index is 13.4. The molecule has 1 aromatic heterocycles. The number of carbonyl (C=O) groups excluding carboxylic acids is 1. The highest BCUT2D eigenvalue weighted by Gasteiger charge is 2.26. The van der Waals surface area contributed by atoms with Gasteiger partial charge in [0, 0.05) is 16.6 Å². The number of hydrogen-bond donors (Lipinski definition) is 0. The molecule has 3 aromatic rings. The van der Waals surface area contributed by atoms with Crippen LogP contribution < -0.4 is 19.1 Å². The number of rotatable bonds is 6. The van der Waals surface area contributed by atoms with Crippen LogP contribution in [0.2, 0.25) is 0 Å². The van der Waals surface area contributed by atoms with Crippen molar-refractivity contribution in [3.05, 3.63) is 70.4 Å². The van der Waals surface area contributed by atoms with Crippen molar-refractivity contribution in [2.24, 2.45) is 0 Å². The number of hydrogen-bond acceptors (Lipinski definition) is 6. The van der Waals surface area contributed by atoms with Gasteiger partial charge in [-0.05, 0) is 42.6 Å². The standard InChI is InChI=1S/C23H20N2O4S/c1-16(29-20-7-3-2-5-17(20)14-24)23(26)25(15-19-6-4-12-30-19)18-8-9-21-22(13-18)28-11-10-27-21/h2-9,12-13,16H,10-11,15H2,1H3. The molecule has 1 amide bonds. The second-order valence-corrected chi connectivity index (χ2v) is 7.73. The predicted octanol–water partition coefficient (Wildman–Crippen LogP) is 4.39. The van der Waals surface area contributed by atoms with Crippen LogP contribution in [0.3, 0.4) is 0 Å². The number of carbonyl (C=O) groups is 1. The molecule has 1 atom stereocenters. The Kier molecular flexibility index (Phi) is 5.87. The summed E-state index contributed by atoms with van der Waals surface area (Å²) in [6.07, 6.45) is -0.785. The first kappa shape index (κ1) is 19.8. The van der Waals surface area contributed by atoms with E-state index >= 15 is 0 Å². The molecule has 0 spiro atoms. The van der Waals surface area contributed by atoms with Crippen LogP contribution in [0.15, 0.2) is 60.0 Å². The lowest BCUT2D eigenvalue weighted by Crippen LogP contribution is -2.40. The molecule has 4 rings (SSSR count). The molecule has 0 saturated carbocycles. The number of para-hydroxylation sites is 1. The van der Waals surface area contributed by atoms with E-state index in [0.29, 0.717) is 48.3 Å². The Morgan fingerprint density at radius 2 is 1.97 bits per heavy atom. The molecule has 2 heterocycles. The summed E-state index contributed by atoms with van der Waals surface area (Å²) in [5.74, 6) is 1.46. The van der Waals surface area contributed by atoms with E-state index in [1.54, 1.807) is 47.4 Å². The average molecular weight is 420 g/mol. The molecule has 7 heteroatoms. The van der Waals surface area contributed by atoms with Gasteiger partial charge in [0.2, 0.25) is 0 Å². The van der Waals surface area contributed by atoms with E-state index < -0.39 is 6.10 Å². The van der Waals surface area contributed by atoms with Gasteiger partial charge in [-0.25, -0.2) is 0 Å². The molecule has 0 bridgehead atoms. The minimum Gasteiger partial charge on any atom is -0.486 e. The van der Waals surface area contributed by atoms with E-state index in [1.807, 2.05) is 35.7 Å². The molecule has 152 valence electrons. The third kappa shape index (κ3) is 4.24. The Labute approximate surface area is 178 Å². The first-order valence-electron chi connectivity index (χ1n) is 9.55. The van der Waals surface area contributed by atoms with Crippen LogP contribution in [-0.4, -0.2) is 25.2 Å². The lowest BCUT2D eigenvalue weighted by molar-refractivity contribution is -0.124. The fourth-order valence-electron chi connectivity index (χ4n) is 3.18. The van der Waals surface area contributed by atoms with Crippen molar-refractivity contribution in [3.8, 4) is 23.3 Å². The molecular weight excluding hydrogens is 400 g/mol. The fraction of sp³-hybridized carbons (Fsp3) is 0.217. The monoisotopic (exact) mass is 420 g/mol. The Hall–Kier alpha value is -3.50.